The van der Waals surface area contributed by atoms with E-state index in [-0.39, 0.29) is 18.3 Å². The fraction of sp³-hybridized carbons (Fsp3) is 0.417. The summed E-state index contributed by atoms with van der Waals surface area (Å²) in [6, 6.07) is 3.49. The molecule has 0 aliphatic heterocycles. The molecule has 1 nitrogen and oxygen atoms in total. The summed E-state index contributed by atoms with van der Waals surface area (Å²) in [5.41, 5.74) is 0.415. The van der Waals surface area contributed by atoms with E-state index >= 15 is 0 Å². The Balaban J connectivity index is 3.05. The highest BCUT2D eigenvalue weighted by Gasteiger charge is 2.19. The minimum absolute atomic E-state index is 0.148. The zero-order valence-corrected chi connectivity index (χ0v) is 8.84. The Bertz CT molecular complexity index is 347. The molecule has 0 N–H and O–H groups in total. The van der Waals surface area contributed by atoms with Gasteiger partial charge in [-0.2, -0.15) is 0 Å². The van der Waals surface area contributed by atoms with Gasteiger partial charge in [-0.25, -0.2) is 8.78 Å². The standard InChI is InChI=1S/C12H14F2O/c1-8(2)10(5-6-15)11-4-3-9(13)7-12(11)14/h3-4,6-8,10H,5H2,1-2H3. The van der Waals surface area contributed by atoms with Crippen molar-refractivity contribution in [2.45, 2.75) is 26.2 Å². The van der Waals surface area contributed by atoms with E-state index in [4.69, 9.17) is 0 Å². The van der Waals surface area contributed by atoms with Crippen LogP contribution in [0.3, 0.4) is 0 Å². The molecule has 1 unspecified atom stereocenters. The molecule has 15 heavy (non-hydrogen) atoms. The maximum absolute atomic E-state index is 13.4. The summed E-state index contributed by atoms with van der Waals surface area (Å²) < 4.78 is 26.1. The third kappa shape index (κ3) is 2.85. The van der Waals surface area contributed by atoms with E-state index in [0.29, 0.717) is 5.56 Å². The predicted molar refractivity (Wildman–Crippen MR) is 54.6 cm³/mol. The largest absolute Gasteiger partial charge is 0.303 e. The van der Waals surface area contributed by atoms with Gasteiger partial charge in [0.15, 0.2) is 0 Å². The van der Waals surface area contributed by atoms with E-state index in [9.17, 15) is 13.6 Å². The van der Waals surface area contributed by atoms with Gasteiger partial charge < -0.3 is 4.79 Å². The number of carbonyl (C=O) groups is 1. The molecule has 0 amide bonds. The van der Waals surface area contributed by atoms with Gasteiger partial charge in [-0.3, -0.25) is 0 Å². The summed E-state index contributed by atoms with van der Waals surface area (Å²) in [6.45, 7) is 3.83. The lowest BCUT2D eigenvalue weighted by atomic mass is 9.86. The monoisotopic (exact) mass is 212 g/mol. The van der Waals surface area contributed by atoms with Crippen LogP contribution >= 0.6 is 0 Å². The summed E-state index contributed by atoms with van der Waals surface area (Å²) in [5.74, 6) is -1.20. The molecule has 1 aromatic carbocycles. The van der Waals surface area contributed by atoms with Crippen molar-refractivity contribution in [1.82, 2.24) is 0 Å². The normalized spacial score (nSPS) is 12.9. The first-order chi connectivity index (χ1) is 7.06. The number of rotatable bonds is 4. The molecule has 3 heteroatoms. The molecule has 0 aromatic heterocycles. The van der Waals surface area contributed by atoms with Crippen LogP contribution in [0.4, 0.5) is 8.78 Å². The second-order valence-electron chi connectivity index (χ2n) is 3.92. The van der Waals surface area contributed by atoms with E-state index in [1.807, 2.05) is 13.8 Å². The van der Waals surface area contributed by atoms with E-state index in [2.05, 4.69) is 0 Å². The van der Waals surface area contributed by atoms with Crippen molar-refractivity contribution in [3.63, 3.8) is 0 Å². The van der Waals surface area contributed by atoms with Crippen LogP contribution in [-0.2, 0) is 4.79 Å². The Morgan fingerprint density at radius 3 is 2.47 bits per heavy atom. The minimum atomic E-state index is -0.593. The molecule has 1 aromatic rings. The number of carbonyl (C=O) groups excluding carboxylic acids is 1. The zero-order chi connectivity index (χ0) is 11.4. The molecule has 0 aliphatic carbocycles. The fourth-order valence-electron chi connectivity index (χ4n) is 1.66. The molecule has 0 fully saturated rings. The Hall–Kier alpha value is -1.25. The molecule has 1 rings (SSSR count). The van der Waals surface area contributed by atoms with Crippen molar-refractivity contribution in [3.8, 4) is 0 Å². The van der Waals surface area contributed by atoms with Crippen molar-refractivity contribution in [1.29, 1.82) is 0 Å². The van der Waals surface area contributed by atoms with Gasteiger partial charge >= 0.3 is 0 Å². The van der Waals surface area contributed by atoms with Crippen LogP contribution in [0.1, 0.15) is 31.7 Å². The van der Waals surface area contributed by atoms with E-state index in [1.54, 1.807) is 0 Å². The van der Waals surface area contributed by atoms with Gasteiger partial charge in [-0.15, -0.1) is 0 Å². The average molecular weight is 212 g/mol. The lowest BCUT2D eigenvalue weighted by Gasteiger charge is -2.19. The van der Waals surface area contributed by atoms with Crippen LogP contribution in [-0.4, -0.2) is 6.29 Å². The van der Waals surface area contributed by atoms with Crippen LogP contribution < -0.4 is 0 Å². The Labute approximate surface area is 88.1 Å². The first kappa shape index (κ1) is 11.8. The van der Waals surface area contributed by atoms with Crippen molar-refractivity contribution in [3.05, 3.63) is 35.4 Å². The highest BCUT2D eigenvalue weighted by Crippen LogP contribution is 2.29. The molecule has 0 spiro atoms. The second-order valence-corrected chi connectivity index (χ2v) is 3.92. The molecule has 0 radical (unpaired) electrons. The van der Waals surface area contributed by atoms with Crippen molar-refractivity contribution in [2.75, 3.05) is 0 Å². The highest BCUT2D eigenvalue weighted by molar-refractivity contribution is 5.51. The highest BCUT2D eigenvalue weighted by atomic mass is 19.1. The lowest BCUT2D eigenvalue weighted by molar-refractivity contribution is -0.108. The maximum atomic E-state index is 13.4. The number of benzene rings is 1. The number of aldehydes is 1. The van der Waals surface area contributed by atoms with Gasteiger partial charge in [0, 0.05) is 12.5 Å². The number of hydrogen-bond acceptors (Lipinski definition) is 1. The third-order valence-electron chi connectivity index (χ3n) is 2.52. The van der Waals surface area contributed by atoms with Gasteiger partial charge in [-0.05, 0) is 23.5 Å². The molecule has 0 heterocycles. The van der Waals surface area contributed by atoms with Gasteiger partial charge in [0.25, 0.3) is 0 Å². The predicted octanol–water partition coefficient (Wildman–Crippen LogP) is 3.29. The Morgan fingerprint density at radius 1 is 1.33 bits per heavy atom. The van der Waals surface area contributed by atoms with Gasteiger partial charge in [0.2, 0.25) is 0 Å². The molecule has 1 atom stereocenters. The lowest BCUT2D eigenvalue weighted by Crippen LogP contribution is -2.09. The van der Waals surface area contributed by atoms with Crippen molar-refractivity contribution in [2.24, 2.45) is 5.92 Å². The molecular formula is C12H14F2O. The van der Waals surface area contributed by atoms with Crippen molar-refractivity contribution < 1.29 is 13.6 Å². The van der Waals surface area contributed by atoms with Gasteiger partial charge in [0.05, 0.1) is 0 Å². The maximum Gasteiger partial charge on any atom is 0.129 e. The van der Waals surface area contributed by atoms with Gasteiger partial charge in [-0.1, -0.05) is 19.9 Å². The summed E-state index contributed by atoms with van der Waals surface area (Å²) in [5, 5.41) is 0. The van der Waals surface area contributed by atoms with E-state index in [1.165, 1.54) is 12.1 Å². The molecule has 0 aliphatic rings. The first-order valence-corrected chi connectivity index (χ1v) is 4.94. The van der Waals surface area contributed by atoms with Crippen LogP contribution in [0.15, 0.2) is 18.2 Å². The van der Waals surface area contributed by atoms with Crippen LogP contribution in [0, 0.1) is 17.6 Å². The summed E-state index contributed by atoms with van der Waals surface area (Å²) in [4.78, 5) is 10.5. The average Bonchev–Trinajstić information content (AvgIpc) is 2.15. The zero-order valence-electron chi connectivity index (χ0n) is 8.84. The molecule has 82 valence electrons. The fourth-order valence-corrected chi connectivity index (χ4v) is 1.66. The summed E-state index contributed by atoms with van der Waals surface area (Å²) >= 11 is 0. The van der Waals surface area contributed by atoms with E-state index < -0.39 is 11.6 Å². The van der Waals surface area contributed by atoms with Crippen LogP contribution in [0.2, 0.25) is 0 Å². The van der Waals surface area contributed by atoms with Crippen LogP contribution in [0.5, 0.6) is 0 Å². The Morgan fingerprint density at radius 2 is 2.00 bits per heavy atom. The molecular weight excluding hydrogens is 198 g/mol. The SMILES string of the molecule is CC(C)C(CC=O)c1ccc(F)cc1F. The molecule has 0 bridgehead atoms. The number of hydrogen-bond donors (Lipinski definition) is 0. The molecule has 0 saturated heterocycles. The third-order valence-corrected chi connectivity index (χ3v) is 2.52. The van der Waals surface area contributed by atoms with Gasteiger partial charge in [0.1, 0.15) is 17.9 Å². The summed E-state index contributed by atoms with van der Waals surface area (Å²) in [7, 11) is 0. The first-order valence-electron chi connectivity index (χ1n) is 4.94. The summed E-state index contributed by atoms with van der Waals surface area (Å²) in [6.07, 6.45) is 1.04. The second kappa shape index (κ2) is 5.01. The molecule has 0 saturated carbocycles. The van der Waals surface area contributed by atoms with Crippen molar-refractivity contribution >= 4 is 6.29 Å². The number of halogens is 2. The smallest absolute Gasteiger partial charge is 0.129 e. The quantitative estimate of drug-likeness (QED) is 0.700. The van der Waals surface area contributed by atoms with E-state index in [0.717, 1.165) is 12.4 Å². The topological polar surface area (TPSA) is 17.1 Å². The van der Waals surface area contributed by atoms with Crippen LogP contribution in [0.25, 0.3) is 0 Å². The minimum Gasteiger partial charge on any atom is -0.303 e. The Kier molecular flexibility index (Phi) is 3.95.